The molecule has 1 N–H and O–H groups in total. The van der Waals surface area contributed by atoms with Gasteiger partial charge in [-0.1, -0.05) is 12.2 Å². The zero-order chi connectivity index (χ0) is 16.0. The number of nitrogens with zero attached hydrogens (tertiary/aromatic N) is 2. The number of hydrogen-bond donors (Lipinski definition) is 1. The molecule has 1 aromatic heterocycles. The van der Waals surface area contributed by atoms with Crippen molar-refractivity contribution in [3.8, 4) is 0 Å². The molecule has 4 unspecified atom stereocenters. The van der Waals surface area contributed by atoms with Gasteiger partial charge in [0.15, 0.2) is 0 Å². The zero-order valence-electron chi connectivity index (χ0n) is 12.5. The van der Waals surface area contributed by atoms with Gasteiger partial charge in [-0.3, -0.25) is 24.3 Å². The molecule has 2 fully saturated rings. The van der Waals surface area contributed by atoms with E-state index >= 15 is 0 Å². The Morgan fingerprint density at radius 1 is 1.17 bits per heavy atom. The summed E-state index contributed by atoms with van der Waals surface area (Å²) in [6.45, 7) is -0.223. The topological polar surface area (TPSA) is 79.4 Å². The maximum atomic E-state index is 12.6. The first-order valence-electron chi connectivity index (χ1n) is 7.88. The van der Waals surface area contributed by atoms with Gasteiger partial charge < -0.3 is 5.32 Å². The average molecular weight is 311 g/mol. The van der Waals surface area contributed by atoms with Crippen LogP contribution in [0.1, 0.15) is 12.8 Å². The fourth-order valence-corrected chi connectivity index (χ4v) is 4.07. The lowest BCUT2D eigenvalue weighted by Crippen LogP contribution is -2.38. The van der Waals surface area contributed by atoms with Crippen LogP contribution in [-0.2, 0) is 14.4 Å². The number of fused-ring (bicyclic) bond motifs is 1. The van der Waals surface area contributed by atoms with E-state index < -0.39 is 0 Å². The van der Waals surface area contributed by atoms with Gasteiger partial charge in [0.05, 0.1) is 23.7 Å². The summed E-state index contributed by atoms with van der Waals surface area (Å²) < 4.78 is 0. The molecule has 6 heteroatoms. The highest BCUT2D eigenvalue weighted by atomic mass is 16.2. The van der Waals surface area contributed by atoms with Crippen molar-refractivity contribution >= 4 is 23.4 Å². The third-order valence-electron chi connectivity index (χ3n) is 5.10. The molecule has 118 valence electrons. The van der Waals surface area contributed by atoms with Gasteiger partial charge >= 0.3 is 0 Å². The lowest BCUT2D eigenvalue weighted by molar-refractivity contribution is -0.142. The van der Waals surface area contributed by atoms with E-state index in [4.69, 9.17) is 0 Å². The lowest BCUT2D eigenvalue weighted by atomic mass is 9.63. The van der Waals surface area contributed by atoms with Crippen molar-refractivity contribution in [2.75, 3.05) is 11.9 Å². The van der Waals surface area contributed by atoms with Crippen molar-refractivity contribution in [2.45, 2.75) is 12.8 Å². The molecule has 0 aromatic carbocycles. The minimum absolute atomic E-state index is 0.146. The van der Waals surface area contributed by atoms with Gasteiger partial charge in [-0.15, -0.1) is 0 Å². The number of allylic oxidation sites excluding steroid dienone is 2. The second-order valence-corrected chi connectivity index (χ2v) is 6.39. The van der Waals surface area contributed by atoms with Crippen LogP contribution in [0.5, 0.6) is 0 Å². The van der Waals surface area contributed by atoms with E-state index in [1.807, 2.05) is 0 Å². The summed E-state index contributed by atoms with van der Waals surface area (Å²) in [6.07, 6.45) is 9.18. The summed E-state index contributed by atoms with van der Waals surface area (Å²) in [5.74, 6) is -1.00. The first-order valence-corrected chi connectivity index (χ1v) is 7.88. The van der Waals surface area contributed by atoms with E-state index in [2.05, 4.69) is 22.5 Å². The molecule has 0 spiro atoms. The molecule has 4 aliphatic rings. The van der Waals surface area contributed by atoms with Gasteiger partial charge in [0.1, 0.15) is 6.54 Å². The molecule has 1 aromatic rings. The van der Waals surface area contributed by atoms with Crippen LogP contribution in [0, 0.1) is 23.7 Å². The van der Waals surface area contributed by atoms with Crippen LogP contribution in [0.2, 0.25) is 0 Å². The maximum Gasteiger partial charge on any atom is 0.244 e. The van der Waals surface area contributed by atoms with E-state index in [0.29, 0.717) is 5.69 Å². The number of hydrogen-bond acceptors (Lipinski definition) is 4. The van der Waals surface area contributed by atoms with Crippen LogP contribution in [0.25, 0.3) is 0 Å². The molecule has 2 heterocycles. The van der Waals surface area contributed by atoms with E-state index in [9.17, 15) is 14.4 Å². The molecule has 6 nitrogen and oxygen atoms in total. The van der Waals surface area contributed by atoms with Gasteiger partial charge in [-0.25, -0.2) is 0 Å². The molecule has 0 radical (unpaired) electrons. The third-order valence-corrected chi connectivity index (χ3v) is 5.10. The van der Waals surface area contributed by atoms with Gasteiger partial charge in [0.25, 0.3) is 0 Å². The molecule has 3 aliphatic carbocycles. The largest absolute Gasteiger partial charge is 0.323 e. The highest BCUT2D eigenvalue weighted by Gasteiger charge is 2.56. The zero-order valence-corrected chi connectivity index (χ0v) is 12.5. The van der Waals surface area contributed by atoms with E-state index in [1.165, 1.54) is 6.20 Å². The molecule has 1 aliphatic heterocycles. The van der Waals surface area contributed by atoms with Crippen molar-refractivity contribution < 1.29 is 14.4 Å². The second kappa shape index (κ2) is 5.30. The van der Waals surface area contributed by atoms with Crippen molar-refractivity contribution in [2.24, 2.45) is 23.7 Å². The number of rotatable bonds is 3. The Hall–Kier alpha value is -2.50. The number of pyridine rings is 1. The number of carbonyl (C=O) groups excluding carboxylic acids is 3. The van der Waals surface area contributed by atoms with E-state index in [-0.39, 0.29) is 47.9 Å². The van der Waals surface area contributed by atoms with Crippen LogP contribution in [0.3, 0.4) is 0 Å². The monoisotopic (exact) mass is 311 g/mol. The Morgan fingerprint density at radius 2 is 1.83 bits per heavy atom. The van der Waals surface area contributed by atoms with E-state index in [0.717, 1.165) is 17.7 Å². The van der Waals surface area contributed by atoms with Crippen molar-refractivity contribution in [1.29, 1.82) is 0 Å². The lowest BCUT2D eigenvalue weighted by Gasteiger charge is -2.38. The Morgan fingerprint density at radius 3 is 2.35 bits per heavy atom. The highest BCUT2D eigenvalue weighted by molar-refractivity contribution is 6.09. The predicted octanol–water partition coefficient (Wildman–Crippen LogP) is 1.22. The molecular weight excluding hydrogens is 294 g/mol. The number of amides is 3. The summed E-state index contributed by atoms with van der Waals surface area (Å²) >= 11 is 0. The summed E-state index contributed by atoms with van der Waals surface area (Å²) in [6, 6.07) is 3.42. The average Bonchev–Trinajstić information content (AvgIpc) is 2.84. The van der Waals surface area contributed by atoms with Crippen LogP contribution in [0.4, 0.5) is 5.69 Å². The predicted molar refractivity (Wildman–Crippen MR) is 81.9 cm³/mol. The molecule has 23 heavy (non-hydrogen) atoms. The number of carbonyl (C=O) groups is 3. The number of imide groups is 1. The molecule has 1 saturated carbocycles. The Kier molecular flexibility index (Phi) is 3.25. The van der Waals surface area contributed by atoms with Gasteiger partial charge in [-0.05, 0) is 36.8 Å². The quantitative estimate of drug-likeness (QED) is 0.672. The van der Waals surface area contributed by atoms with Crippen molar-refractivity contribution in [1.82, 2.24) is 9.88 Å². The summed E-state index contributed by atoms with van der Waals surface area (Å²) in [5, 5.41) is 2.67. The summed E-state index contributed by atoms with van der Waals surface area (Å²) in [4.78, 5) is 42.4. The Bertz CT molecular complexity index is 668. The van der Waals surface area contributed by atoms with Crippen LogP contribution in [-0.4, -0.2) is 34.2 Å². The standard InChI is InChI=1S/C17H17N3O3/c21-13(19-12-2-1-7-18-8-12)9-20-16(22)14-10-3-4-11(6-5-10)15(14)17(20)23/h1-4,7-8,10-11,14-15H,5-6,9H2,(H,19,21). The first-order chi connectivity index (χ1) is 11.1. The van der Waals surface area contributed by atoms with Crippen LogP contribution >= 0.6 is 0 Å². The normalized spacial score (nSPS) is 31.4. The molecule has 4 atom stereocenters. The third kappa shape index (κ3) is 2.25. The summed E-state index contributed by atoms with van der Waals surface area (Å²) in [7, 11) is 0. The van der Waals surface area contributed by atoms with Crippen molar-refractivity contribution in [3.63, 3.8) is 0 Å². The highest BCUT2D eigenvalue weighted by Crippen LogP contribution is 2.49. The minimum atomic E-state index is -0.376. The van der Waals surface area contributed by atoms with Gasteiger partial charge in [-0.2, -0.15) is 0 Å². The number of anilines is 1. The Labute approximate surface area is 133 Å². The Balaban J connectivity index is 1.49. The number of likely N-dealkylation sites (tertiary alicyclic amines) is 1. The minimum Gasteiger partial charge on any atom is -0.323 e. The number of nitrogens with one attached hydrogen (secondary N) is 1. The molecule has 3 amide bonds. The second-order valence-electron chi connectivity index (χ2n) is 6.39. The molecule has 5 rings (SSSR count). The van der Waals surface area contributed by atoms with Gasteiger partial charge in [0, 0.05) is 6.20 Å². The fraction of sp³-hybridized carbons (Fsp3) is 0.412. The SMILES string of the molecule is O=C(CN1C(=O)C2C3C=CC(CC3)C2C1=O)Nc1cccnc1. The molecular formula is C17H17N3O3. The van der Waals surface area contributed by atoms with Gasteiger partial charge in [0.2, 0.25) is 17.7 Å². The first kappa shape index (κ1) is 14.1. The van der Waals surface area contributed by atoms with Crippen LogP contribution in [0.15, 0.2) is 36.7 Å². The fourth-order valence-electron chi connectivity index (χ4n) is 4.07. The molecule has 2 bridgehead atoms. The maximum absolute atomic E-state index is 12.6. The smallest absolute Gasteiger partial charge is 0.244 e. The molecule has 1 saturated heterocycles. The van der Waals surface area contributed by atoms with Crippen molar-refractivity contribution in [3.05, 3.63) is 36.7 Å². The number of aromatic nitrogens is 1. The van der Waals surface area contributed by atoms with E-state index in [1.54, 1.807) is 18.3 Å². The van der Waals surface area contributed by atoms with Crippen LogP contribution < -0.4 is 5.32 Å². The summed E-state index contributed by atoms with van der Waals surface area (Å²) in [5.41, 5.74) is 0.552.